The molecule has 2 amide bonds. The average molecular weight is 344 g/mol. The van der Waals surface area contributed by atoms with Crippen molar-refractivity contribution in [3.8, 4) is 0 Å². The van der Waals surface area contributed by atoms with Crippen molar-refractivity contribution in [2.45, 2.75) is 64.8 Å². The molecule has 25 heavy (non-hydrogen) atoms. The van der Waals surface area contributed by atoms with E-state index in [0.29, 0.717) is 24.0 Å². The first kappa shape index (κ1) is 18.2. The van der Waals surface area contributed by atoms with Gasteiger partial charge in [0.05, 0.1) is 6.54 Å². The van der Waals surface area contributed by atoms with E-state index >= 15 is 0 Å². The number of carbonyl (C=O) groups excluding carboxylic acids is 2. The molecule has 136 valence electrons. The van der Waals surface area contributed by atoms with E-state index in [-0.39, 0.29) is 25.3 Å². The zero-order valence-electron chi connectivity index (χ0n) is 15.4. The van der Waals surface area contributed by atoms with E-state index in [0.717, 1.165) is 31.2 Å². The first-order valence-corrected chi connectivity index (χ1v) is 9.60. The second-order valence-corrected chi connectivity index (χ2v) is 7.75. The fraction of sp³-hybridized carbons (Fsp3) is 0.684. The van der Waals surface area contributed by atoms with Crippen LogP contribution in [-0.4, -0.2) is 37.8 Å². The minimum atomic E-state index is -0.158. The first-order chi connectivity index (χ1) is 12.0. The van der Waals surface area contributed by atoms with Crippen LogP contribution < -0.4 is 10.6 Å². The largest absolute Gasteiger partial charge is 0.431 e. The van der Waals surface area contributed by atoms with Crippen LogP contribution in [0.25, 0.3) is 0 Å². The summed E-state index contributed by atoms with van der Waals surface area (Å²) in [6, 6.07) is 0. The molecular formula is C19H29BN2O3. The highest BCUT2D eigenvalue weighted by Gasteiger charge is 2.38. The molecule has 0 spiro atoms. The van der Waals surface area contributed by atoms with Gasteiger partial charge in [-0.25, -0.2) is 0 Å². The molecule has 1 saturated heterocycles. The smallest absolute Gasteiger partial charge is 0.313 e. The van der Waals surface area contributed by atoms with Gasteiger partial charge in [-0.2, -0.15) is 0 Å². The maximum absolute atomic E-state index is 12.3. The lowest BCUT2D eigenvalue weighted by molar-refractivity contribution is -0.124. The van der Waals surface area contributed by atoms with Crippen molar-refractivity contribution in [3.05, 3.63) is 22.8 Å². The summed E-state index contributed by atoms with van der Waals surface area (Å²) in [6.45, 7) is 4.16. The second-order valence-electron chi connectivity index (χ2n) is 7.75. The van der Waals surface area contributed by atoms with E-state index in [1.165, 1.54) is 24.8 Å². The fourth-order valence-corrected chi connectivity index (χ4v) is 4.16. The predicted octanol–water partition coefficient (Wildman–Crippen LogP) is 2.40. The molecule has 2 atom stereocenters. The third kappa shape index (κ3) is 4.75. The molecule has 0 aromatic rings. The van der Waals surface area contributed by atoms with Crippen LogP contribution in [-0.2, 0) is 14.2 Å². The molecule has 6 heteroatoms. The van der Waals surface area contributed by atoms with Crippen LogP contribution in [0.1, 0.15) is 52.4 Å². The van der Waals surface area contributed by atoms with Gasteiger partial charge in [0.25, 0.3) is 5.91 Å². The SMILES string of the molecule is CC1=CC(C(=O)NCC(=O)NCB2CC3CCCCC3O2)=C(C)CC1. The van der Waals surface area contributed by atoms with Gasteiger partial charge in [-0.3, -0.25) is 9.59 Å². The number of amides is 2. The Morgan fingerprint density at radius 3 is 2.80 bits per heavy atom. The van der Waals surface area contributed by atoms with Crippen LogP contribution in [0.4, 0.5) is 0 Å². The molecule has 3 aliphatic rings. The standard InChI is InChI=1S/C19H29BN2O3/c1-13-7-8-14(2)16(9-13)19(24)21-11-18(23)22-12-20-10-15-5-3-4-6-17(15)25-20/h9,15,17H,3-8,10-12H2,1-2H3,(H,21,24)(H,22,23). The van der Waals surface area contributed by atoms with Crippen LogP contribution in [0, 0.1) is 5.92 Å². The summed E-state index contributed by atoms with van der Waals surface area (Å²) in [6.07, 6.45) is 10.8. The number of hydrogen-bond donors (Lipinski definition) is 2. The number of allylic oxidation sites excluding steroid dienone is 2. The number of carbonyl (C=O) groups is 2. The van der Waals surface area contributed by atoms with Crippen molar-refractivity contribution >= 4 is 18.7 Å². The molecule has 0 aromatic carbocycles. The second kappa shape index (κ2) is 8.22. The number of rotatable bonds is 5. The first-order valence-electron chi connectivity index (χ1n) is 9.60. The van der Waals surface area contributed by atoms with E-state index < -0.39 is 0 Å². The van der Waals surface area contributed by atoms with Crippen molar-refractivity contribution in [2.75, 3.05) is 13.0 Å². The van der Waals surface area contributed by atoms with Gasteiger partial charge >= 0.3 is 6.92 Å². The fourth-order valence-electron chi connectivity index (χ4n) is 4.16. The van der Waals surface area contributed by atoms with Gasteiger partial charge in [0.2, 0.25) is 5.91 Å². The molecular weight excluding hydrogens is 315 g/mol. The van der Waals surface area contributed by atoms with Crippen LogP contribution in [0.15, 0.2) is 22.8 Å². The zero-order chi connectivity index (χ0) is 17.8. The summed E-state index contributed by atoms with van der Waals surface area (Å²) in [7, 11) is 0. The monoisotopic (exact) mass is 344 g/mol. The van der Waals surface area contributed by atoms with Crippen molar-refractivity contribution < 1.29 is 14.2 Å². The quantitative estimate of drug-likeness (QED) is 0.753. The van der Waals surface area contributed by atoms with Crippen LogP contribution in [0.5, 0.6) is 0 Å². The van der Waals surface area contributed by atoms with Gasteiger partial charge in [0, 0.05) is 18.1 Å². The minimum absolute atomic E-state index is 0.0160. The van der Waals surface area contributed by atoms with Gasteiger partial charge in [0.1, 0.15) is 0 Å². The molecule has 2 aliphatic carbocycles. The van der Waals surface area contributed by atoms with E-state index in [1.54, 1.807) is 0 Å². The van der Waals surface area contributed by atoms with Gasteiger partial charge in [-0.15, -0.1) is 0 Å². The Kier molecular flexibility index (Phi) is 6.00. The average Bonchev–Trinajstić information content (AvgIpc) is 3.03. The Labute approximate surface area is 150 Å². The third-order valence-corrected chi connectivity index (χ3v) is 5.70. The molecule has 2 fully saturated rings. The number of nitrogens with one attached hydrogen (secondary N) is 2. The lowest BCUT2D eigenvalue weighted by Gasteiger charge is -2.24. The summed E-state index contributed by atoms with van der Waals surface area (Å²) in [4.78, 5) is 24.3. The van der Waals surface area contributed by atoms with Gasteiger partial charge in [0.15, 0.2) is 0 Å². The molecule has 0 radical (unpaired) electrons. The van der Waals surface area contributed by atoms with E-state index in [9.17, 15) is 9.59 Å². The summed E-state index contributed by atoms with van der Waals surface area (Å²) in [5.74, 6) is 0.364. The predicted molar refractivity (Wildman–Crippen MR) is 99.1 cm³/mol. The molecule has 5 nitrogen and oxygen atoms in total. The molecule has 1 aliphatic heterocycles. The molecule has 2 N–H and O–H groups in total. The van der Waals surface area contributed by atoms with Gasteiger partial charge in [-0.1, -0.05) is 30.1 Å². The minimum Gasteiger partial charge on any atom is -0.431 e. The van der Waals surface area contributed by atoms with E-state index in [2.05, 4.69) is 10.6 Å². The maximum Gasteiger partial charge on any atom is 0.313 e. The van der Waals surface area contributed by atoms with E-state index in [1.807, 2.05) is 19.9 Å². The van der Waals surface area contributed by atoms with Gasteiger partial charge in [-0.05, 0) is 51.8 Å². The molecule has 3 rings (SSSR count). The Morgan fingerprint density at radius 2 is 2.00 bits per heavy atom. The molecule has 1 saturated carbocycles. The Morgan fingerprint density at radius 1 is 1.20 bits per heavy atom. The maximum atomic E-state index is 12.3. The Balaban J connectivity index is 1.39. The molecule has 1 heterocycles. The van der Waals surface area contributed by atoms with Crippen molar-refractivity contribution in [2.24, 2.45) is 5.92 Å². The summed E-state index contributed by atoms with van der Waals surface area (Å²) < 4.78 is 6.05. The lowest BCUT2D eigenvalue weighted by Crippen LogP contribution is -2.41. The number of hydrogen-bond acceptors (Lipinski definition) is 3. The lowest BCUT2D eigenvalue weighted by atomic mass is 9.62. The number of fused-ring (bicyclic) bond motifs is 1. The highest BCUT2D eigenvalue weighted by atomic mass is 16.5. The van der Waals surface area contributed by atoms with E-state index in [4.69, 9.17) is 4.65 Å². The summed E-state index contributed by atoms with van der Waals surface area (Å²) in [5.41, 5.74) is 3.00. The van der Waals surface area contributed by atoms with Crippen LogP contribution in [0.3, 0.4) is 0 Å². The third-order valence-electron chi connectivity index (χ3n) is 5.70. The Hall–Kier alpha value is -1.56. The summed E-state index contributed by atoms with van der Waals surface area (Å²) >= 11 is 0. The van der Waals surface area contributed by atoms with Crippen molar-refractivity contribution in [1.82, 2.24) is 10.6 Å². The summed E-state index contributed by atoms with van der Waals surface area (Å²) in [5, 5.41) is 5.64. The molecule has 0 aromatic heterocycles. The molecule has 2 unspecified atom stereocenters. The van der Waals surface area contributed by atoms with Crippen molar-refractivity contribution in [3.63, 3.8) is 0 Å². The van der Waals surface area contributed by atoms with Crippen LogP contribution in [0.2, 0.25) is 6.32 Å². The molecule has 0 bridgehead atoms. The highest BCUT2D eigenvalue weighted by molar-refractivity contribution is 6.53. The van der Waals surface area contributed by atoms with Crippen LogP contribution >= 0.6 is 0 Å². The highest BCUT2D eigenvalue weighted by Crippen LogP contribution is 2.36. The van der Waals surface area contributed by atoms with Gasteiger partial charge < -0.3 is 15.3 Å². The zero-order valence-corrected chi connectivity index (χ0v) is 15.4. The Bertz CT molecular complexity index is 585. The normalized spacial score (nSPS) is 26.2. The van der Waals surface area contributed by atoms with Crippen molar-refractivity contribution in [1.29, 1.82) is 0 Å². The topological polar surface area (TPSA) is 67.4 Å².